The van der Waals surface area contributed by atoms with Crippen molar-refractivity contribution in [3.8, 4) is 0 Å². The molecule has 7 nitrogen and oxygen atoms in total. The van der Waals surface area contributed by atoms with Gasteiger partial charge in [-0.05, 0) is 55.6 Å². The summed E-state index contributed by atoms with van der Waals surface area (Å²) in [5.74, 6) is 0.848. The Balaban J connectivity index is 1.42. The molecule has 1 aliphatic carbocycles. The van der Waals surface area contributed by atoms with Crippen molar-refractivity contribution in [2.75, 3.05) is 46.4 Å². The first kappa shape index (κ1) is 23.1. The number of hydrogen-bond acceptors (Lipinski definition) is 5. The van der Waals surface area contributed by atoms with Crippen LogP contribution in [0.15, 0.2) is 23.0 Å². The van der Waals surface area contributed by atoms with Crippen molar-refractivity contribution in [1.82, 2.24) is 19.4 Å². The van der Waals surface area contributed by atoms with Crippen molar-refractivity contribution in [3.05, 3.63) is 38.9 Å². The lowest BCUT2D eigenvalue weighted by atomic mass is 9.89. The second-order valence-corrected chi connectivity index (χ2v) is 9.48. The van der Waals surface area contributed by atoms with Crippen LogP contribution < -0.4 is 5.56 Å². The van der Waals surface area contributed by atoms with E-state index >= 15 is 0 Å². The molecule has 0 atom stereocenters. The Bertz CT molecular complexity index is 1050. The molecule has 1 aromatic heterocycles. The fourth-order valence-electron chi connectivity index (χ4n) is 5.01. The number of aromatic amines is 1. The van der Waals surface area contributed by atoms with Crippen LogP contribution in [0.2, 0.25) is 0 Å². The van der Waals surface area contributed by atoms with Gasteiger partial charge in [-0.15, -0.1) is 0 Å². The third kappa shape index (κ3) is 5.30. The molecule has 8 heteroatoms. The Labute approximate surface area is 194 Å². The molecule has 0 unspecified atom stereocenters. The summed E-state index contributed by atoms with van der Waals surface area (Å²) in [4.78, 5) is 33.6. The van der Waals surface area contributed by atoms with Gasteiger partial charge in [-0.25, -0.2) is 0 Å². The van der Waals surface area contributed by atoms with Gasteiger partial charge in [-0.2, -0.15) is 0 Å². The Morgan fingerprint density at radius 1 is 1.16 bits per heavy atom. The minimum atomic E-state index is -0.129. The number of nitrogens with zero attached hydrogens (tertiary/aromatic N) is 3. The first-order valence-corrected chi connectivity index (χ1v) is 12.2. The summed E-state index contributed by atoms with van der Waals surface area (Å²) < 4.78 is 7.00. The summed E-state index contributed by atoms with van der Waals surface area (Å²) in [7, 11) is 1.64. The van der Waals surface area contributed by atoms with Gasteiger partial charge in [-0.1, -0.05) is 19.3 Å². The van der Waals surface area contributed by atoms with Crippen molar-refractivity contribution in [1.29, 1.82) is 0 Å². The van der Waals surface area contributed by atoms with Gasteiger partial charge in [0.1, 0.15) is 0 Å². The van der Waals surface area contributed by atoms with E-state index in [0.29, 0.717) is 40.8 Å². The summed E-state index contributed by atoms with van der Waals surface area (Å²) in [6, 6.07) is 5.27. The maximum absolute atomic E-state index is 13.1. The van der Waals surface area contributed by atoms with E-state index in [2.05, 4.69) is 9.88 Å². The van der Waals surface area contributed by atoms with Gasteiger partial charge in [0, 0.05) is 58.5 Å². The topological polar surface area (TPSA) is 70.6 Å². The molecule has 32 heavy (non-hydrogen) atoms. The molecule has 174 valence electrons. The number of amides is 1. The van der Waals surface area contributed by atoms with E-state index < -0.39 is 0 Å². The number of H-pyrrole nitrogens is 1. The van der Waals surface area contributed by atoms with Gasteiger partial charge in [0.05, 0.1) is 10.9 Å². The van der Waals surface area contributed by atoms with Gasteiger partial charge >= 0.3 is 0 Å². The van der Waals surface area contributed by atoms with Crippen LogP contribution in [0.5, 0.6) is 0 Å². The van der Waals surface area contributed by atoms with Crippen LogP contribution in [-0.2, 0) is 11.3 Å². The van der Waals surface area contributed by atoms with E-state index in [1.165, 1.54) is 38.6 Å². The summed E-state index contributed by atoms with van der Waals surface area (Å²) in [6.07, 6.45) is 7.54. The number of ether oxygens (including phenoxy) is 1. The van der Waals surface area contributed by atoms with Crippen molar-refractivity contribution >= 4 is 29.0 Å². The number of rotatable bonds is 7. The van der Waals surface area contributed by atoms with Gasteiger partial charge < -0.3 is 14.6 Å². The Morgan fingerprint density at radius 2 is 1.91 bits per heavy atom. The first-order valence-electron chi connectivity index (χ1n) is 11.8. The monoisotopic (exact) mass is 458 g/mol. The predicted octanol–water partition coefficient (Wildman–Crippen LogP) is 3.43. The minimum Gasteiger partial charge on any atom is -0.385 e. The number of piperazine rings is 1. The molecular weight excluding hydrogens is 424 g/mol. The molecule has 2 fully saturated rings. The van der Waals surface area contributed by atoms with Crippen LogP contribution in [0.3, 0.4) is 0 Å². The number of carbonyl (C=O) groups is 1. The number of methoxy groups -OCH3 is 1. The van der Waals surface area contributed by atoms with Crippen LogP contribution in [0.25, 0.3) is 10.9 Å². The summed E-state index contributed by atoms with van der Waals surface area (Å²) in [5, 5.41) is 0.546. The maximum Gasteiger partial charge on any atom is 0.262 e. The van der Waals surface area contributed by atoms with E-state index in [0.717, 1.165) is 32.1 Å². The smallest absolute Gasteiger partial charge is 0.262 e. The zero-order valence-electron chi connectivity index (χ0n) is 19.0. The molecule has 1 saturated carbocycles. The van der Waals surface area contributed by atoms with Crippen LogP contribution in [0.1, 0.15) is 48.9 Å². The van der Waals surface area contributed by atoms with Crippen molar-refractivity contribution in [2.24, 2.45) is 5.92 Å². The second-order valence-electron chi connectivity index (χ2n) is 9.09. The third-order valence-electron chi connectivity index (χ3n) is 6.86. The van der Waals surface area contributed by atoms with Gasteiger partial charge in [0.2, 0.25) is 0 Å². The van der Waals surface area contributed by atoms with Crippen molar-refractivity contribution in [3.63, 3.8) is 0 Å². The molecular formula is C24H34N4O3S. The Morgan fingerprint density at radius 3 is 2.62 bits per heavy atom. The highest BCUT2D eigenvalue weighted by molar-refractivity contribution is 7.71. The van der Waals surface area contributed by atoms with Gasteiger partial charge in [0.25, 0.3) is 11.5 Å². The van der Waals surface area contributed by atoms with Crippen molar-refractivity contribution < 1.29 is 9.53 Å². The molecule has 2 aromatic rings. The standard InChI is InChI=1S/C24H34N4O3S/c1-31-15-5-10-28-23(30)20-9-8-19(16-21(20)25-24(28)32)22(29)27-13-11-26(12-14-27)17-18-6-3-2-4-7-18/h8-9,16,18H,2-7,10-15,17H2,1H3,(H,25,32). The van der Waals surface area contributed by atoms with Gasteiger partial charge in [0.15, 0.2) is 4.77 Å². The van der Waals surface area contributed by atoms with E-state index in [-0.39, 0.29) is 11.5 Å². The fraction of sp³-hybridized carbons (Fsp3) is 0.625. The number of carbonyl (C=O) groups excluding carboxylic acids is 1. The summed E-state index contributed by atoms with van der Waals surface area (Å²) in [6.45, 7) is 5.62. The molecule has 1 aliphatic heterocycles. The Kier molecular flexibility index (Phi) is 7.75. The molecule has 0 spiro atoms. The molecule has 0 radical (unpaired) electrons. The Hall–Kier alpha value is -2.03. The molecule has 1 amide bonds. The van der Waals surface area contributed by atoms with E-state index in [1.807, 2.05) is 4.90 Å². The highest BCUT2D eigenvalue weighted by Gasteiger charge is 2.25. The fourth-order valence-corrected chi connectivity index (χ4v) is 5.29. The van der Waals surface area contributed by atoms with Crippen LogP contribution >= 0.6 is 12.2 Å². The molecule has 2 heterocycles. The number of benzene rings is 1. The normalized spacial score (nSPS) is 18.3. The molecule has 1 saturated heterocycles. The highest BCUT2D eigenvalue weighted by Crippen LogP contribution is 2.25. The molecule has 2 aliphatic rings. The van der Waals surface area contributed by atoms with E-state index in [1.54, 1.807) is 29.9 Å². The average molecular weight is 459 g/mol. The molecule has 1 N–H and O–H groups in total. The number of aromatic nitrogens is 2. The van der Waals surface area contributed by atoms with Crippen molar-refractivity contribution in [2.45, 2.75) is 45.1 Å². The SMILES string of the molecule is COCCCn1c(=S)[nH]c2cc(C(=O)N3CCN(CC4CCCCC4)CC3)ccc2c1=O. The minimum absolute atomic E-state index is 0.0211. The summed E-state index contributed by atoms with van der Waals surface area (Å²) >= 11 is 5.40. The lowest BCUT2D eigenvalue weighted by Gasteiger charge is -2.37. The lowest BCUT2D eigenvalue weighted by Crippen LogP contribution is -2.49. The second kappa shape index (κ2) is 10.7. The number of hydrogen-bond donors (Lipinski definition) is 1. The van der Waals surface area contributed by atoms with Crippen LogP contribution in [-0.4, -0.2) is 71.7 Å². The maximum atomic E-state index is 13.1. The quantitative estimate of drug-likeness (QED) is 0.508. The number of nitrogens with one attached hydrogen (secondary N) is 1. The third-order valence-corrected chi connectivity index (χ3v) is 7.18. The van der Waals surface area contributed by atoms with Gasteiger partial charge in [-0.3, -0.25) is 19.1 Å². The average Bonchev–Trinajstić information content (AvgIpc) is 2.81. The highest BCUT2D eigenvalue weighted by atomic mass is 32.1. The zero-order chi connectivity index (χ0) is 22.5. The lowest BCUT2D eigenvalue weighted by molar-refractivity contribution is 0.0606. The first-order chi connectivity index (χ1) is 15.6. The van der Waals surface area contributed by atoms with E-state index in [4.69, 9.17) is 17.0 Å². The number of fused-ring (bicyclic) bond motifs is 1. The predicted molar refractivity (Wildman–Crippen MR) is 129 cm³/mol. The van der Waals surface area contributed by atoms with Crippen LogP contribution in [0, 0.1) is 10.7 Å². The molecule has 4 rings (SSSR count). The summed E-state index contributed by atoms with van der Waals surface area (Å²) in [5.41, 5.74) is 1.08. The largest absolute Gasteiger partial charge is 0.385 e. The zero-order valence-corrected chi connectivity index (χ0v) is 19.8. The molecule has 1 aromatic carbocycles. The molecule has 0 bridgehead atoms. The van der Waals surface area contributed by atoms with Crippen LogP contribution in [0.4, 0.5) is 0 Å². The van der Waals surface area contributed by atoms with E-state index in [9.17, 15) is 9.59 Å².